The SMILES string of the molecule is CC(C)[C@@H]1NC(=O)CN(C(=O)[C@@H]2COC(=O)N2)CCNC(=O)c2coc(n2)[C@H](Cc2ccccc2)NC(=O)c2csc1n2. The van der Waals surface area contributed by atoms with Crippen molar-refractivity contribution in [3.05, 3.63) is 69.8 Å². The van der Waals surface area contributed by atoms with Crippen LogP contribution >= 0.6 is 11.3 Å². The van der Waals surface area contributed by atoms with Crippen LogP contribution in [0.4, 0.5) is 4.79 Å². The number of oxazole rings is 1. The molecule has 3 aromatic rings. The summed E-state index contributed by atoms with van der Waals surface area (Å²) < 4.78 is 10.5. The van der Waals surface area contributed by atoms with Gasteiger partial charge in [0.25, 0.3) is 11.8 Å². The molecule has 4 heterocycles. The van der Waals surface area contributed by atoms with Gasteiger partial charge in [-0.2, -0.15) is 0 Å². The largest absolute Gasteiger partial charge is 0.447 e. The number of hydrogen-bond acceptors (Lipinski definition) is 10. The summed E-state index contributed by atoms with van der Waals surface area (Å²) in [5.74, 6) is -2.01. The van der Waals surface area contributed by atoms with Crippen molar-refractivity contribution in [1.29, 1.82) is 0 Å². The van der Waals surface area contributed by atoms with Crippen molar-refractivity contribution >= 4 is 41.1 Å². The highest BCUT2D eigenvalue weighted by atomic mass is 32.1. The van der Waals surface area contributed by atoms with Crippen LogP contribution in [-0.2, 0) is 20.7 Å². The summed E-state index contributed by atoms with van der Waals surface area (Å²) >= 11 is 1.23. The minimum atomic E-state index is -0.963. The van der Waals surface area contributed by atoms with Crippen LogP contribution < -0.4 is 21.3 Å². The Morgan fingerprint density at radius 2 is 1.84 bits per heavy atom. The lowest BCUT2D eigenvalue weighted by Crippen LogP contribution is -2.51. The van der Waals surface area contributed by atoms with Crippen molar-refractivity contribution < 1.29 is 33.1 Å². The van der Waals surface area contributed by atoms with Crippen molar-refractivity contribution in [1.82, 2.24) is 36.1 Å². The third-order valence-electron chi connectivity index (χ3n) is 6.93. The molecule has 0 aliphatic carbocycles. The van der Waals surface area contributed by atoms with Gasteiger partial charge in [-0.3, -0.25) is 19.2 Å². The second kappa shape index (κ2) is 13.0. The smallest absolute Gasteiger partial charge is 0.407 e. The molecule has 4 bridgehead atoms. The van der Waals surface area contributed by atoms with Gasteiger partial charge in [-0.1, -0.05) is 44.2 Å². The quantitative estimate of drug-likeness (QED) is 0.339. The number of cyclic esters (lactones) is 1. The average molecular weight is 610 g/mol. The molecule has 3 atom stereocenters. The maximum absolute atomic E-state index is 13.3. The van der Waals surface area contributed by atoms with E-state index in [0.717, 1.165) is 5.56 Å². The topological polar surface area (TPSA) is 185 Å². The Bertz CT molecular complexity index is 1510. The third-order valence-corrected chi connectivity index (χ3v) is 7.86. The first-order valence-corrected chi connectivity index (χ1v) is 14.6. The number of fused-ring (bicyclic) bond motifs is 4. The zero-order valence-corrected chi connectivity index (χ0v) is 24.3. The van der Waals surface area contributed by atoms with Crippen LogP contribution in [-0.4, -0.2) is 76.9 Å². The number of benzene rings is 1. The van der Waals surface area contributed by atoms with Crippen LogP contribution in [0.5, 0.6) is 0 Å². The molecule has 4 N–H and O–H groups in total. The van der Waals surface area contributed by atoms with Crippen LogP contribution in [0.15, 0.2) is 46.4 Å². The van der Waals surface area contributed by atoms with E-state index in [9.17, 15) is 24.0 Å². The highest BCUT2D eigenvalue weighted by Crippen LogP contribution is 2.26. The molecular weight excluding hydrogens is 578 g/mol. The minimum absolute atomic E-state index is 0.0187. The highest BCUT2D eigenvalue weighted by molar-refractivity contribution is 7.09. The Morgan fingerprint density at radius 1 is 1.05 bits per heavy atom. The van der Waals surface area contributed by atoms with Crippen LogP contribution in [0.3, 0.4) is 0 Å². The van der Waals surface area contributed by atoms with Crippen molar-refractivity contribution in [3.63, 3.8) is 0 Å². The molecule has 0 saturated carbocycles. The summed E-state index contributed by atoms with van der Waals surface area (Å²) in [6, 6.07) is 7.23. The fourth-order valence-corrected chi connectivity index (χ4v) is 5.70. The van der Waals surface area contributed by atoms with Gasteiger partial charge in [0.2, 0.25) is 17.7 Å². The summed E-state index contributed by atoms with van der Waals surface area (Å²) in [5.41, 5.74) is 1.04. The molecule has 0 spiro atoms. The van der Waals surface area contributed by atoms with E-state index in [1.807, 2.05) is 44.2 Å². The average Bonchev–Trinajstić information content (AvgIpc) is 3.76. The number of alkyl carbamates (subject to hydrolysis) is 1. The molecule has 1 saturated heterocycles. The van der Waals surface area contributed by atoms with E-state index in [2.05, 4.69) is 31.2 Å². The lowest BCUT2D eigenvalue weighted by atomic mass is 10.0. The second-order valence-electron chi connectivity index (χ2n) is 10.5. The number of amides is 5. The van der Waals surface area contributed by atoms with Gasteiger partial charge in [0.15, 0.2) is 5.69 Å². The van der Waals surface area contributed by atoms with Gasteiger partial charge < -0.3 is 35.3 Å². The van der Waals surface area contributed by atoms with E-state index < -0.39 is 47.8 Å². The monoisotopic (exact) mass is 609 g/mol. The lowest BCUT2D eigenvalue weighted by Gasteiger charge is -2.26. The molecule has 5 rings (SSSR count). The molecule has 2 aromatic heterocycles. The molecular formula is C28H31N7O7S. The first-order chi connectivity index (χ1) is 20.7. The first kappa shape index (κ1) is 29.7. The number of thiazole rings is 1. The highest BCUT2D eigenvalue weighted by Gasteiger charge is 2.34. The zero-order chi connectivity index (χ0) is 30.5. The molecule has 0 unspecified atom stereocenters. The van der Waals surface area contributed by atoms with Crippen molar-refractivity contribution in [2.45, 2.75) is 38.4 Å². The Morgan fingerprint density at radius 3 is 2.56 bits per heavy atom. The second-order valence-corrected chi connectivity index (χ2v) is 11.3. The van der Waals surface area contributed by atoms with E-state index in [4.69, 9.17) is 9.15 Å². The van der Waals surface area contributed by atoms with E-state index in [-0.39, 0.29) is 49.4 Å². The minimum Gasteiger partial charge on any atom is -0.447 e. The molecule has 1 aromatic carbocycles. The maximum atomic E-state index is 13.3. The molecule has 43 heavy (non-hydrogen) atoms. The van der Waals surface area contributed by atoms with Gasteiger partial charge in [0.1, 0.15) is 35.7 Å². The number of carbonyl (C=O) groups excluding carboxylic acids is 5. The van der Waals surface area contributed by atoms with Crippen LogP contribution in [0.2, 0.25) is 0 Å². The molecule has 1 fully saturated rings. The molecule has 2 aliphatic heterocycles. The van der Waals surface area contributed by atoms with Crippen molar-refractivity contribution in [2.24, 2.45) is 5.92 Å². The summed E-state index contributed by atoms with van der Waals surface area (Å²) in [4.78, 5) is 74.3. The van der Waals surface area contributed by atoms with E-state index in [1.165, 1.54) is 22.5 Å². The Balaban J connectivity index is 1.45. The number of aromatic nitrogens is 2. The van der Waals surface area contributed by atoms with Crippen LogP contribution in [0.25, 0.3) is 0 Å². The molecule has 2 aliphatic rings. The number of nitrogens with one attached hydrogen (secondary N) is 4. The number of rotatable bonds is 4. The van der Waals surface area contributed by atoms with Gasteiger partial charge in [0.05, 0.1) is 12.6 Å². The fourth-order valence-electron chi connectivity index (χ4n) is 4.67. The van der Waals surface area contributed by atoms with Gasteiger partial charge in [-0.05, 0) is 11.5 Å². The van der Waals surface area contributed by atoms with E-state index in [1.54, 1.807) is 5.38 Å². The number of hydrogen-bond donors (Lipinski definition) is 4. The Labute approximate surface area is 250 Å². The van der Waals surface area contributed by atoms with Gasteiger partial charge >= 0.3 is 6.09 Å². The summed E-state index contributed by atoms with van der Waals surface area (Å²) in [6.45, 7) is 3.23. The predicted octanol–water partition coefficient (Wildman–Crippen LogP) is 1.34. The van der Waals surface area contributed by atoms with Gasteiger partial charge in [-0.25, -0.2) is 14.8 Å². The first-order valence-electron chi connectivity index (χ1n) is 13.7. The van der Waals surface area contributed by atoms with Crippen LogP contribution in [0.1, 0.15) is 63.4 Å². The van der Waals surface area contributed by atoms with Gasteiger partial charge in [0, 0.05) is 24.9 Å². The maximum Gasteiger partial charge on any atom is 0.407 e. The predicted molar refractivity (Wildman–Crippen MR) is 152 cm³/mol. The summed E-state index contributed by atoms with van der Waals surface area (Å²) in [6.07, 6.45) is 0.807. The summed E-state index contributed by atoms with van der Waals surface area (Å²) in [5, 5.41) is 13.1. The fraction of sp³-hybridized carbons (Fsp3) is 0.393. The Hall–Kier alpha value is -4.79. The van der Waals surface area contributed by atoms with E-state index >= 15 is 0 Å². The van der Waals surface area contributed by atoms with Crippen molar-refractivity contribution in [3.8, 4) is 0 Å². The molecule has 5 amide bonds. The molecule has 226 valence electrons. The lowest BCUT2D eigenvalue weighted by molar-refractivity contribution is -0.137. The summed E-state index contributed by atoms with van der Waals surface area (Å²) in [7, 11) is 0. The standard InChI is InChI=1S/C28H31N7O7S/c1-15(2)22-26-32-20(14-43-26)24(38)30-17(10-16-6-4-3-5-7-16)25-31-18(12-41-25)23(37)29-8-9-35(11-21(36)34-22)27(39)19-13-42-28(40)33-19/h3-7,12,14-15,17,19,22H,8-11,13H2,1-2H3,(H,29,37)(H,30,38)(H,33,40)(H,34,36)/t17-,19-,22-/m0/s1. The molecule has 14 nitrogen and oxygen atoms in total. The van der Waals surface area contributed by atoms with Crippen molar-refractivity contribution in [2.75, 3.05) is 26.2 Å². The molecule has 15 heteroatoms. The Kier molecular flexibility index (Phi) is 8.99. The molecule has 0 radical (unpaired) electrons. The number of carbonyl (C=O) groups is 5. The number of ether oxygens (including phenoxy) is 1. The zero-order valence-electron chi connectivity index (χ0n) is 23.5. The van der Waals surface area contributed by atoms with E-state index in [0.29, 0.717) is 11.4 Å². The number of nitrogens with zero attached hydrogens (tertiary/aromatic N) is 3. The van der Waals surface area contributed by atoms with Gasteiger partial charge in [-0.15, -0.1) is 11.3 Å². The third kappa shape index (κ3) is 7.17. The van der Waals surface area contributed by atoms with Crippen LogP contribution in [0, 0.1) is 5.92 Å². The normalized spacial score (nSPS) is 21.7.